The molecule has 0 aliphatic carbocycles. The highest BCUT2D eigenvalue weighted by Crippen LogP contribution is 2.34. The zero-order chi connectivity index (χ0) is 15.7. The summed E-state index contributed by atoms with van der Waals surface area (Å²) < 4.78 is 8.60. The molecule has 0 unspecified atom stereocenters. The van der Waals surface area contributed by atoms with E-state index in [1.165, 1.54) is 0 Å². The Morgan fingerprint density at radius 3 is 2.83 bits per heavy atom. The maximum atomic E-state index is 5.66. The van der Waals surface area contributed by atoms with Gasteiger partial charge in [0.15, 0.2) is 0 Å². The lowest BCUT2D eigenvalue weighted by molar-refractivity contribution is 0.172. The quantitative estimate of drug-likeness (QED) is 0.764. The third kappa shape index (κ3) is 2.60. The van der Waals surface area contributed by atoms with E-state index >= 15 is 0 Å². The zero-order valence-electron chi connectivity index (χ0n) is 12.4. The van der Waals surface area contributed by atoms with Crippen molar-refractivity contribution in [3.8, 4) is 11.4 Å². The van der Waals surface area contributed by atoms with E-state index in [2.05, 4.69) is 36.5 Å². The second-order valence-electron chi connectivity index (χ2n) is 5.67. The van der Waals surface area contributed by atoms with Crippen molar-refractivity contribution in [2.45, 2.75) is 18.4 Å². The van der Waals surface area contributed by atoms with Gasteiger partial charge in [-0.25, -0.2) is 0 Å². The molecule has 4 rings (SSSR count). The number of piperidine rings is 1. The Hall–Kier alpha value is -1.99. The predicted molar refractivity (Wildman–Crippen MR) is 88.8 cm³/mol. The number of hydrogen-bond acceptors (Lipinski definition) is 5. The first kappa shape index (κ1) is 14.6. The van der Waals surface area contributed by atoms with Crippen LogP contribution in [0.25, 0.3) is 11.4 Å². The third-order valence-corrected chi connectivity index (χ3v) is 4.77. The summed E-state index contributed by atoms with van der Waals surface area (Å²) in [5.74, 6) is 1.23. The number of nitrogens with one attached hydrogen (secondary N) is 1. The minimum Gasteiger partial charge on any atom is -0.336 e. The molecule has 1 aromatic carbocycles. The Morgan fingerprint density at radius 1 is 1.22 bits per heavy atom. The molecule has 2 aromatic heterocycles. The second-order valence-corrected chi connectivity index (χ2v) is 6.58. The zero-order valence-corrected chi connectivity index (χ0v) is 14.0. The van der Waals surface area contributed by atoms with Crippen LogP contribution in [0, 0.1) is 0 Å². The summed E-state index contributed by atoms with van der Waals surface area (Å²) in [6.07, 6.45) is 5.49. The number of benzene rings is 1. The number of halogens is 1. The SMILES string of the molecule is Brc1cccc(-c2noc(C3(n4cccn4)CCNCC3)n2)c1. The lowest BCUT2D eigenvalue weighted by Gasteiger charge is -2.34. The van der Waals surface area contributed by atoms with Crippen molar-refractivity contribution in [1.29, 1.82) is 0 Å². The van der Waals surface area contributed by atoms with Crippen LogP contribution in [0.4, 0.5) is 0 Å². The van der Waals surface area contributed by atoms with Gasteiger partial charge in [0.25, 0.3) is 5.89 Å². The van der Waals surface area contributed by atoms with Crippen molar-refractivity contribution in [2.75, 3.05) is 13.1 Å². The Balaban J connectivity index is 1.76. The van der Waals surface area contributed by atoms with E-state index in [0.717, 1.165) is 36.0 Å². The van der Waals surface area contributed by atoms with Crippen molar-refractivity contribution in [3.63, 3.8) is 0 Å². The Kier molecular flexibility index (Phi) is 3.74. The van der Waals surface area contributed by atoms with Gasteiger partial charge in [-0.1, -0.05) is 33.2 Å². The van der Waals surface area contributed by atoms with Crippen LogP contribution in [0.2, 0.25) is 0 Å². The summed E-state index contributed by atoms with van der Waals surface area (Å²) in [6, 6.07) is 9.82. The largest absolute Gasteiger partial charge is 0.336 e. The summed E-state index contributed by atoms with van der Waals surface area (Å²) in [5.41, 5.74) is 0.561. The summed E-state index contributed by atoms with van der Waals surface area (Å²) in [5, 5.41) is 12.0. The normalized spacial score (nSPS) is 17.3. The average Bonchev–Trinajstić information content (AvgIpc) is 3.28. The molecule has 7 heteroatoms. The van der Waals surface area contributed by atoms with Crippen LogP contribution in [0.1, 0.15) is 18.7 Å². The molecule has 1 saturated heterocycles. The van der Waals surface area contributed by atoms with Gasteiger partial charge in [0.1, 0.15) is 5.54 Å². The molecule has 0 atom stereocenters. The van der Waals surface area contributed by atoms with Crippen LogP contribution in [0.3, 0.4) is 0 Å². The second kappa shape index (κ2) is 5.90. The van der Waals surface area contributed by atoms with Crippen molar-refractivity contribution in [1.82, 2.24) is 25.2 Å². The monoisotopic (exact) mass is 373 g/mol. The van der Waals surface area contributed by atoms with E-state index in [4.69, 9.17) is 4.52 Å². The number of rotatable bonds is 3. The molecule has 1 fully saturated rings. The van der Waals surface area contributed by atoms with Crippen molar-refractivity contribution in [2.24, 2.45) is 0 Å². The van der Waals surface area contributed by atoms with Crippen LogP contribution in [0.15, 0.2) is 51.7 Å². The molecule has 3 aromatic rings. The Morgan fingerprint density at radius 2 is 2.09 bits per heavy atom. The molecule has 23 heavy (non-hydrogen) atoms. The van der Waals surface area contributed by atoms with Gasteiger partial charge < -0.3 is 9.84 Å². The first-order chi connectivity index (χ1) is 11.3. The average molecular weight is 374 g/mol. The molecule has 0 amide bonds. The number of nitrogens with zero attached hydrogens (tertiary/aromatic N) is 4. The van der Waals surface area contributed by atoms with E-state index in [9.17, 15) is 0 Å². The highest BCUT2D eigenvalue weighted by Gasteiger charge is 2.41. The van der Waals surface area contributed by atoms with Crippen LogP contribution in [-0.2, 0) is 5.54 Å². The summed E-state index contributed by atoms with van der Waals surface area (Å²) in [7, 11) is 0. The van der Waals surface area contributed by atoms with E-state index < -0.39 is 0 Å². The third-order valence-electron chi connectivity index (χ3n) is 4.28. The molecule has 118 valence electrons. The first-order valence-electron chi connectivity index (χ1n) is 7.59. The molecule has 0 bridgehead atoms. The van der Waals surface area contributed by atoms with Gasteiger partial charge in [0, 0.05) is 22.4 Å². The lowest BCUT2D eigenvalue weighted by atomic mass is 9.88. The topological polar surface area (TPSA) is 68.8 Å². The molecule has 0 saturated carbocycles. The van der Waals surface area contributed by atoms with Crippen LogP contribution in [-0.4, -0.2) is 33.0 Å². The van der Waals surface area contributed by atoms with Crippen LogP contribution >= 0.6 is 15.9 Å². The standard InChI is InChI=1S/C16H16BrN5O/c17-13-4-1-3-12(11-13)14-20-15(23-21-14)16(5-8-18-9-6-16)22-10-2-7-19-22/h1-4,7,10-11,18H,5-6,8-9H2. The highest BCUT2D eigenvalue weighted by molar-refractivity contribution is 9.10. The minimum atomic E-state index is -0.369. The highest BCUT2D eigenvalue weighted by atomic mass is 79.9. The fourth-order valence-electron chi connectivity index (χ4n) is 3.06. The van der Waals surface area contributed by atoms with Gasteiger partial charge in [0.05, 0.1) is 0 Å². The molecule has 0 radical (unpaired) electrons. The number of hydrogen-bond donors (Lipinski definition) is 1. The predicted octanol–water partition coefficient (Wildman–Crippen LogP) is 2.82. The van der Waals surface area contributed by atoms with Crippen molar-refractivity contribution in [3.05, 3.63) is 53.1 Å². The van der Waals surface area contributed by atoms with Crippen molar-refractivity contribution >= 4 is 15.9 Å². The smallest absolute Gasteiger partial charge is 0.255 e. The van der Waals surface area contributed by atoms with Gasteiger partial charge in [0.2, 0.25) is 5.82 Å². The fourth-order valence-corrected chi connectivity index (χ4v) is 3.46. The maximum Gasteiger partial charge on any atom is 0.255 e. The van der Waals surface area contributed by atoms with Crippen LogP contribution in [0.5, 0.6) is 0 Å². The molecule has 6 nitrogen and oxygen atoms in total. The summed E-state index contributed by atoms with van der Waals surface area (Å²) >= 11 is 3.48. The molecule has 0 spiro atoms. The van der Waals surface area contributed by atoms with E-state index in [-0.39, 0.29) is 5.54 Å². The fraction of sp³-hybridized carbons (Fsp3) is 0.312. The molecule has 1 N–H and O–H groups in total. The van der Waals surface area contributed by atoms with Crippen molar-refractivity contribution < 1.29 is 4.52 Å². The molecular weight excluding hydrogens is 358 g/mol. The molecular formula is C16H16BrN5O. The molecule has 1 aliphatic heterocycles. The molecule has 3 heterocycles. The summed E-state index contributed by atoms with van der Waals surface area (Å²) in [6.45, 7) is 1.79. The van der Waals surface area contributed by atoms with E-state index in [1.807, 2.05) is 41.2 Å². The Labute approximate surface area is 142 Å². The minimum absolute atomic E-state index is 0.369. The Bertz CT molecular complexity index is 792. The van der Waals surface area contributed by atoms with Gasteiger partial charge in [-0.3, -0.25) is 4.68 Å². The first-order valence-corrected chi connectivity index (χ1v) is 8.38. The lowest BCUT2D eigenvalue weighted by Crippen LogP contribution is -2.45. The van der Waals surface area contributed by atoms with Gasteiger partial charge in [-0.05, 0) is 44.1 Å². The van der Waals surface area contributed by atoms with Gasteiger partial charge in [-0.2, -0.15) is 10.1 Å². The summed E-state index contributed by atoms with van der Waals surface area (Å²) in [4.78, 5) is 4.69. The van der Waals surface area contributed by atoms with E-state index in [0.29, 0.717) is 11.7 Å². The van der Waals surface area contributed by atoms with E-state index in [1.54, 1.807) is 6.20 Å². The van der Waals surface area contributed by atoms with Gasteiger partial charge >= 0.3 is 0 Å². The molecule has 1 aliphatic rings. The number of aromatic nitrogens is 4. The van der Waals surface area contributed by atoms with Crippen LogP contribution < -0.4 is 5.32 Å². The maximum absolute atomic E-state index is 5.66. The van der Waals surface area contributed by atoms with Gasteiger partial charge in [-0.15, -0.1) is 0 Å².